The van der Waals surface area contributed by atoms with E-state index in [9.17, 15) is 4.79 Å². The Kier molecular flexibility index (Phi) is 5.35. The number of aromatic nitrogens is 1. The SMILES string of the molecule is CCOC(=O)CC(c1ccc(OC)nc1)N1CCCC1. The zero-order valence-electron chi connectivity index (χ0n) is 12.2. The highest BCUT2D eigenvalue weighted by Gasteiger charge is 2.26. The molecule has 0 spiro atoms. The number of rotatable bonds is 6. The minimum absolute atomic E-state index is 0.0509. The molecule has 1 aliphatic rings. The highest BCUT2D eigenvalue weighted by Crippen LogP contribution is 2.28. The van der Waals surface area contributed by atoms with E-state index in [1.807, 2.05) is 19.1 Å². The van der Waals surface area contributed by atoms with E-state index in [0.29, 0.717) is 18.9 Å². The maximum absolute atomic E-state index is 11.8. The quantitative estimate of drug-likeness (QED) is 0.747. The largest absolute Gasteiger partial charge is 0.481 e. The van der Waals surface area contributed by atoms with Gasteiger partial charge in [0.05, 0.1) is 20.1 Å². The molecule has 0 amide bonds. The molecule has 1 saturated heterocycles. The molecule has 1 atom stereocenters. The van der Waals surface area contributed by atoms with Gasteiger partial charge < -0.3 is 9.47 Å². The van der Waals surface area contributed by atoms with Crippen molar-refractivity contribution in [3.63, 3.8) is 0 Å². The van der Waals surface area contributed by atoms with Gasteiger partial charge in [-0.3, -0.25) is 9.69 Å². The molecule has 1 aliphatic heterocycles. The normalized spacial score (nSPS) is 16.9. The average Bonchev–Trinajstić information content (AvgIpc) is 2.99. The summed E-state index contributed by atoms with van der Waals surface area (Å²) in [6.45, 7) is 4.30. The molecular formula is C15H22N2O3. The number of ether oxygens (including phenoxy) is 2. The highest BCUT2D eigenvalue weighted by atomic mass is 16.5. The highest BCUT2D eigenvalue weighted by molar-refractivity contribution is 5.70. The summed E-state index contributed by atoms with van der Waals surface area (Å²) in [4.78, 5) is 18.4. The van der Waals surface area contributed by atoms with Gasteiger partial charge in [0.1, 0.15) is 0 Å². The first-order valence-electron chi connectivity index (χ1n) is 7.14. The standard InChI is InChI=1S/C15H22N2O3/c1-3-20-15(18)10-13(17-8-4-5-9-17)12-6-7-14(19-2)16-11-12/h6-7,11,13H,3-5,8-10H2,1-2H3. The molecule has 0 saturated carbocycles. The monoisotopic (exact) mass is 278 g/mol. The van der Waals surface area contributed by atoms with E-state index >= 15 is 0 Å². The summed E-state index contributed by atoms with van der Waals surface area (Å²) in [5.41, 5.74) is 1.04. The Bertz CT molecular complexity index is 427. The minimum atomic E-state index is -0.153. The van der Waals surface area contributed by atoms with Gasteiger partial charge in [-0.2, -0.15) is 0 Å². The first-order valence-corrected chi connectivity index (χ1v) is 7.14. The lowest BCUT2D eigenvalue weighted by atomic mass is 10.0. The Morgan fingerprint density at radius 2 is 2.15 bits per heavy atom. The molecule has 0 radical (unpaired) electrons. The van der Waals surface area contributed by atoms with Gasteiger partial charge in [-0.1, -0.05) is 6.07 Å². The number of hydrogen-bond donors (Lipinski definition) is 0. The Morgan fingerprint density at radius 3 is 2.70 bits per heavy atom. The van der Waals surface area contributed by atoms with Gasteiger partial charge in [0.2, 0.25) is 5.88 Å². The predicted octanol–water partition coefficient (Wildman–Crippen LogP) is 2.18. The second-order valence-electron chi connectivity index (χ2n) is 4.90. The Labute approximate surface area is 119 Å². The molecule has 0 bridgehead atoms. The molecule has 1 unspecified atom stereocenters. The van der Waals surface area contributed by atoms with Gasteiger partial charge in [-0.15, -0.1) is 0 Å². The molecule has 5 nitrogen and oxygen atoms in total. The Hall–Kier alpha value is -1.62. The van der Waals surface area contributed by atoms with E-state index in [-0.39, 0.29) is 12.0 Å². The lowest BCUT2D eigenvalue weighted by molar-refractivity contribution is -0.144. The number of methoxy groups -OCH3 is 1. The van der Waals surface area contributed by atoms with Crippen LogP contribution in [-0.4, -0.2) is 42.7 Å². The zero-order valence-corrected chi connectivity index (χ0v) is 12.2. The maximum Gasteiger partial charge on any atom is 0.307 e. The van der Waals surface area contributed by atoms with Crippen molar-refractivity contribution in [2.24, 2.45) is 0 Å². The summed E-state index contributed by atoms with van der Waals surface area (Å²) in [5, 5.41) is 0. The van der Waals surface area contributed by atoms with Gasteiger partial charge in [-0.05, 0) is 38.4 Å². The third-order valence-electron chi connectivity index (χ3n) is 3.60. The second-order valence-corrected chi connectivity index (χ2v) is 4.90. The second kappa shape index (κ2) is 7.24. The minimum Gasteiger partial charge on any atom is -0.481 e. The molecule has 0 aromatic carbocycles. The van der Waals surface area contributed by atoms with Gasteiger partial charge >= 0.3 is 5.97 Å². The number of esters is 1. The summed E-state index contributed by atoms with van der Waals surface area (Å²) in [6, 6.07) is 3.87. The Balaban J connectivity index is 2.13. The van der Waals surface area contributed by atoms with Gasteiger partial charge in [0.15, 0.2) is 0 Å². The van der Waals surface area contributed by atoms with E-state index in [4.69, 9.17) is 9.47 Å². The summed E-state index contributed by atoms with van der Waals surface area (Å²) >= 11 is 0. The van der Waals surface area contributed by atoms with Crippen LogP contribution in [0.3, 0.4) is 0 Å². The van der Waals surface area contributed by atoms with E-state index in [0.717, 1.165) is 18.7 Å². The molecular weight excluding hydrogens is 256 g/mol. The lowest BCUT2D eigenvalue weighted by Crippen LogP contribution is -2.28. The van der Waals surface area contributed by atoms with Crippen molar-refractivity contribution in [2.75, 3.05) is 26.8 Å². The van der Waals surface area contributed by atoms with Crippen LogP contribution in [0, 0.1) is 0 Å². The molecule has 2 heterocycles. The predicted molar refractivity (Wildman–Crippen MR) is 75.6 cm³/mol. The van der Waals surface area contributed by atoms with Crippen LogP contribution in [0.4, 0.5) is 0 Å². The number of pyridine rings is 1. The van der Waals surface area contributed by atoms with Crippen molar-refractivity contribution in [1.29, 1.82) is 0 Å². The van der Waals surface area contributed by atoms with E-state index in [1.165, 1.54) is 12.8 Å². The summed E-state index contributed by atoms with van der Waals surface area (Å²) in [7, 11) is 1.60. The van der Waals surface area contributed by atoms with Gasteiger partial charge in [0.25, 0.3) is 0 Å². The smallest absolute Gasteiger partial charge is 0.307 e. The summed E-state index contributed by atoms with van der Waals surface area (Å²) < 4.78 is 10.2. The van der Waals surface area contributed by atoms with Crippen LogP contribution < -0.4 is 4.74 Å². The van der Waals surface area contributed by atoms with Crippen LogP contribution in [0.5, 0.6) is 5.88 Å². The lowest BCUT2D eigenvalue weighted by Gasteiger charge is -2.27. The number of likely N-dealkylation sites (tertiary alicyclic amines) is 1. The molecule has 0 N–H and O–H groups in total. The van der Waals surface area contributed by atoms with Crippen LogP contribution in [0.2, 0.25) is 0 Å². The molecule has 0 aliphatic carbocycles. The first kappa shape index (κ1) is 14.8. The molecule has 1 aromatic rings. The van der Waals surface area contributed by atoms with Crippen LogP contribution in [0.25, 0.3) is 0 Å². The van der Waals surface area contributed by atoms with Gasteiger partial charge in [-0.25, -0.2) is 4.98 Å². The maximum atomic E-state index is 11.8. The first-order chi connectivity index (χ1) is 9.74. The van der Waals surface area contributed by atoms with Crippen LogP contribution in [0.1, 0.15) is 37.8 Å². The fourth-order valence-corrected chi connectivity index (χ4v) is 2.60. The van der Waals surface area contributed by atoms with Crippen molar-refractivity contribution in [3.8, 4) is 5.88 Å². The number of carbonyl (C=O) groups is 1. The third-order valence-corrected chi connectivity index (χ3v) is 3.60. The van der Waals surface area contributed by atoms with E-state index < -0.39 is 0 Å². The Morgan fingerprint density at radius 1 is 1.40 bits per heavy atom. The zero-order chi connectivity index (χ0) is 14.4. The molecule has 110 valence electrons. The van der Waals surface area contributed by atoms with E-state index in [2.05, 4.69) is 9.88 Å². The molecule has 5 heteroatoms. The number of nitrogens with zero attached hydrogens (tertiary/aromatic N) is 2. The topological polar surface area (TPSA) is 51.7 Å². The third kappa shape index (κ3) is 3.70. The van der Waals surface area contributed by atoms with E-state index in [1.54, 1.807) is 13.3 Å². The summed E-state index contributed by atoms with van der Waals surface area (Å²) in [6.07, 6.45) is 4.54. The van der Waals surface area contributed by atoms with Crippen molar-refractivity contribution in [3.05, 3.63) is 23.9 Å². The molecule has 20 heavy (non-hydrogen) atoms. The van der Waals surface area contributed by atoms with Crippen LogP contribution in [-0.2, 0) is 9.53 Å². The fourth-order valence-electron chi connectivity index (χ4n) is 2.60. The van der Waals surface area contributed by atoms with Crippen molar-refractivity contribution < 1.29 is 14.3 Å². The molecule has 1 aromatic heterocycles. The molecule has 1 fully saturated rings. The van der Waals surface area contributed by atoms with Crippen molar-refractivity contribution in [1.82, 2.24) is 9.88 Å². The van der Waals surface area contributed by atoms with Crippen LogP contribution >= 0.6 is 0 Å². The van der Waals surface area contributed by atoms with Gasteiger partial charge in [0, 0.05) is 18.3 Å². The fraction of sp³-hybridized carbons (Fsp3) is 0.600. The number of hydrogen-bond acceptors (Lipinski definition) is 5. The van der Waals surface area contributed by atoms with Crippen LogP contribution in [0.15, 0.2) is 18.3 Å². The average molecular weight is 278 g/mol. The number of carbonyl (C=O) groups excluding carboxylic acids is 1. The molecule has 2 rings (SSSR count). The summed E-state index contributed by atoms with van der Waals surface area (Å²) in [5.74, 6) is 0.435. The van der Waals surface area contributed by atoms with Crippen molar-refractivity contribution in [2.45, 2.75) is 32.2 Å². The van der Waals surface area contributed by atoms with Crippen molar-refractivity contribution >= 4 is 5.97 Å².